The molecule has 0 aliphatic rings. The third-order valence-corrected chi connectivity index (χ3v) is 3.82. The van der Waals surface area contributed by atoms with Gasteiger partial charge in [0.2, 0.25) is 0 Å². The van der Waals surface area contributed by atoms with Crippen molar-refractivity contribution < 1.29 is 9.13 Å². The summed E-state index contributed by atoms with van der Waals surface area (Å²) in [4.78, 5) is 2.47. The standard InChI is InChI=1S/C14H16FNOS/c1-2-13-3-4-14(18-13)9-17-12-6-10(8-16)5-11(15)7-12/h3-7H,2,8-9,16H2,1H3. The molecule has 1 heterocycles. The van der Waals surface area contributed by atoms with Gasteiger partial charge in [0.25, 0.3) is 0 Å². The van der Waals surface area contributed by atoms with E-state index in [0.29, 0.717) is 18.9 Å². The zero-order valence-electron chi connectivity index (χ0n) is 10.3. The van der Waals surface area contributed by atoms with E-state index in [0.717, 1.165) is 16.9 Å². The number of nitrogens with two attached hydrogens (primary N) is 1. The Bertz CT molecular complexity index is 524. The van der Waals surface area contributed by atoms with Crippen molar-refractivity contribution in [3.05, 3.63) is 51.5 Å². The average Bonchev–Trinajstić information content (AvgIpc) is 2.83. The van der Waals surface area contributed by atoms with Gasteiger partial charge < -0.3 is 10.5 Å². The van der Waals surface area contributed by atoms with Gasteiger partial charge in [0.15, 0.2) is 0 Å². The second-order valence-corrected chi connectivity index (χ2v) is 5.26. The van der Waals surface area contributed by atoms with Crippen molar-refractivity contribution >= 4 is 11.3 Å². The Labute approximate surface area is 110 Å². The molecule has 0 fully saturated rings. The summed E-state index contributed by atoms with van der Waals surface area (Å²) >= 11 is 1.72. The number of halogens is 1. The Morgan fingerprint density at radius 1 is 1.22 bits per heavy atom. The van der Waals surface area contributed by atoms with Crippen LogP contribution in [0.4, 0.5) is 4.39 Å². The smallest absolute Gasteiger partial charge is 0.127 e. The van der Waals surface area contributed by atoms with Gasteiger partial charge in [-0.25, -0.2) is 4.39 Å². The molecule has 2 rings (SSSR count). The molecular weight excluding hydrogens is 249 g/mol. The molecule has 0 aliphatic carbocycles. The van der Waals surface area contributed by atoms with Crippen LogP contribution in [0.5, 0.6) is 5.75 Å². The molecule has 1 aromatic heterocycles. The monoisotopic (exact) mass is 265 g/mol. The first kappa shape index (κ1) is 13.1. The van der Waals surface area contributed by atoms with Crippen LogP contribution in [0.2, 0.25) is 0 Å². The van der Waals surface area contributed by atoms with Gasteiger partial charge in [-0.1, -0.05) is 6.92 Å². The van der Waals surface area contributed by atoms with Crippen LogP contribution in [0.15, 0.2) is 30.3 Å². The SMILES string of the molecule is CCc1ccc(COc2cc(F)cc(CN)c2)s1. The predicted octanol–water partition coefficient (Wildman–Crippen LogP) is 3.49. The highest BCUT2D eigenvalue weighted by Crippen LogP contribution is 2.21. The van der Waals surface area contributed by atoms with Gasteiger partial charge in [0.05, 0.1) is 0 Å². The van der Waals surface area contributed by atoms with E-state index < -0.39 is 0 Å². The van der Waals surface area contributed by atoms with Crippen molar-refractivity contribution in [1.82, 2.24) is 0 Å². The van der Waals surface area contributed by atoms with E-state index in [1.807, 2.05) is 6.07 Å². The predicted molar refractivity (Wildman–Crippen MR) is 72.3 cm³/mol. The molecular formula is C14H16FNOS. The fourth-order valence-corrected chi connectivity index (χ4v) is 2.54. The molecule has 4 heteroatoms. The number of thiophene rings is 1. The molecule has 2 nitrogen and oxygen atoms in total. The third-order valence-electron chi connectivity index (χ3n) is 2.61. The number of benzene rings is 1. The van der Waals surface area contributed by atoms with Crippen molar-refractivity contribution in [2.24, 2.45) is 5.73 Å². The van der Waals surface area contributed by atoms with Gasteiger partial charge in [-0.3, -0.25) is 0 Å². The number of ether oxygens (including phenoxy) is 1. The van der Waals surface area contributed by atoms with E-state index in [2.05, 4.69) is 13.0 Å². The van der Waals surface area contributed by atoms with E-state index in [9.17, 15) is 4.39 Å². The first-order valence-electron chi connectivity index (χ1n) is 5.91. The fraction of sp³-hybridized carbons (Fsp3) is 0.286. The molecule has 0 atom stereocenters. The molecule has 0 bridgehead atoms. The molecule has 0 saturated carbocycles. The van der Waals surface area contributed by atoms with Crippen LogP contribution in [-0.4, -0.2) is 0 Å². The van der Waals surface area contributed by atoms with Crippen LogP contribution in [0, 0.1) is 5.82 Å². The Morgan fingerprint density at radius 3 is 2.67 bits per heavy atom. The third kappa shape index (κ3) is 3.31. The van der Waals surface area contributed by atoms with E-state index in [1.54, 1.807) is 17.4 Å². The van der Waals surface area contributed by atoms with Crippen molar-refractivity contribution in [2.45, 2.75) is 26.5 Å². The molecule has 0 saturated heterocycles. The largest absolute Gasteiger partial charge is 0.488 e. The maximum Gasteiger partial charge on any atom is 0.127 e. The minimum atomic E-state index is -0.312. The number of hydrogen-bond donors (Lipinski definition) is 1. The fourth-order valence-electron chi connectivity index (χ4n) is 1.67. The molecule has 96 valence electrons. The molecule has 0 aliphatic heterocycles. The lowest BCUT2D eigenvalue weighted by Gasteiger charge is -2.06. The van der Waals surface area contributed by atoms with E-state index in [4.69, 9.17) is 10.5 Å². The van der Waals surface area contributed by atoms with Gasteiger partial charge >= 0.3 is 0 Å². The Balaban J connectivity index is 2.03. The Morgan fingerprint density at radius 2 is 2.00 bits per heavy atom. The summed E-state index contributed by atoms with van der Waals surface area (Å²) < 4.78 is 18.9. The highest BCUT2D eigenvalue weighted by Gasteiger charge is 2.03. The minimum absolute atomic E-state index is 0.312. The van der Waals surface area contributed by atoms with Crippen molar-refractivity contribution in [1.29, 1.82) is 0 Å². The van der Waals surface area contributed by atoms with E-state index >= 15 is 0 Å². The van der Waals surface area contributed by atoms with Crippen molar-refractivity contribution in [3.63, 3.8) is 0 Å². The molecule has 2 aromatic rings. The van der Waals surface area contributed by atoms with Gasteiger partial charge in [0, 0.05) is 22.4 Å². The molecule has 0 unspecified atom stereocenters. The maximum absolute atomic E-state index is 13.3. The first-order valence-corrected chi connectivity index (χ1v) is 6.73. The quantitative estimate of drug-likeness (QED) is 0.898. The topological polar surface area (TPSA) is 35.2 Å². The number of hydrogen-bond acceptors (Lipinski definition) is 3. The first-order chi connectivity index (χ1) is 8.71. The molecule has 1 aromatic carbocycles. The van der Waals surface area contributed by atoms with E-state index in [1.165, 1.54) is 17.0 Å². The van der Waals surface area contributed by atoms with Gasteiger partial charge in [-0.05, 0) is 36.2 Å². The highest BCUT2D eigenvalue weighted by molar-refractivity contribution is 7.11. The summed E-state index contributed by atoms with van der Waals surface area (Å²) in [6, 6.07) is 8.73. The van der Waals surface area contributed by atoms with Crippen LogP contribution < -0.4 is 10.5 Å². The Kier molecular flexibility index (Phi) is 4.33. The maximum atomic E-state index is 13.3. The zero-order chi connectivity index (χ0) is 13.0. The molecule has 0 radical (unpaired) electrons. The second-order valence-electron chi connectivity index (χ2n) is 4.01. The van der Waals surface area contributed by atoms with Crippen LogP contribution in [0.1, 0.15) is 22.2 Å². The van der Waals surface area contributed by atoms with Gasteiger partial charge in [-0.2, -0.15) is 0 Å². The van der Waals surface area contributed by atoms with Crippen molar-refractivity contribution in [2.75, 3.05) is 0 Å². The van der Waals surface area contributed by atoms with Crippen LogP contribution in [0.25, 0.3) is 0 Å². The number of rotatable bonds is 5. The van der Waals surface area contributed by atoms with Crippen LogP contribution >= 0.6 is 11.3 Å². The summed E-state index contributed by atoms with van der Waals surface area (Å²) in [6.07, 6.45) is 1.03. The summed E-state index contributed by atoms with van der Waals surface area (Å²) in [5.41, 5.74) is 6.24. The highest BCUT2D eigenvalue weighted by atomic mass is 32.1. The minimum Gasteiger partial charge on any atom is -0.488 e. The number of aryl methyl sites for hydroxylation is 1. The summed E-state index contributed by atoms with van der Waals surface area (Å²) in [6.45, 7) is 2.90. The molecule has 0 spiro atoms. The van der Waals surface area contributed by atoms with Crippen LogP contribution in [0.3, 0.4) is 0 Å². The summed E-state index contributed by atoms with van der Waals surface area (Å²) in [5, 5.41) is 0. The molecule has 0 amide bonds. The molecule has 2 N–H and O–H groups in total. The van der Waals surface area contributed by atoms with Crippen molar-refractivity contribution in [3.8, 4) is 5.75 Å². The van der Waals surface area contributed by atoms with Crippen LogP contribution in [-0.2, 0) is 19.6 Å². The average molecular weight is 265 g/mol. The lowest BCUT2D eigenvalue weighted by Crippen LogP contribution is -1.99. The summed E-state index contributed by atoms with van der Waals surface area (Å²) in [7, 11) is 0. The van der Waals surface area contributed by atoms with Gasteiger partial charge in [0.1, 0.15) is 18.2 Å². The second kappa shape index (κ2) is 5.98. The summed E-state index contributed by atoms with van der Waals surface area (Å²) in [5.74, 6) is 0.218. The van der Waals surface area contributed by atoms with Gasteiger partial charge in [-0.15, -0.1) is 11.3 Å². The molecule has 18 heavy (non-hydrogen) atoms. The van der Waals surface area contributed by atoms with E-state index in [-0.39, 0.29) is 5.82 Å². The zero-order valence-corrected chi connectivity index (χ0v) is 11.1. The lowest BCUT2D eigenvalue weighted by atomic mass is 10.2. The normalized spacial score (nSPS) is 10.6. The Hall–Kier alpha value is -1.39. The lowest BCUT2D eigenvalue weighted by molar-refractivity contribution is 0.308.